The molecule has 3 rings (SSSR count). The zero-order valence-corrected chi connectivity index (χ0v) is 11.7. The molecule has 1 saturated heterocycles. The summed E-state index contributed by atoms with van der Waals surface area (Å²) in [6, 6.07) is 11.1. The lowest BCUT2D eigenvalue weighted by molar-refractivity contribution is 0.102. The Labute approximate surface area is 123 Å². The van der Waals surface area contributed by atoms with Crippen molar-refractivity contribution in [2.45, 2.75) is 12.8 Å². The zero-order chi connectivity index (χ0) is 14.7. The van der Waals surface area contributed by atoms with Crippen molar-refractivity contribution in [3.05, 3.63) is 48.2 Å². The number of carbonyl (C=O) groups excluding carboxylic acids is 1. The molecule has 0 atom stereocenters. The van der Waals surface area contributed by atoms with Crippen LogP contribution < -0.4 is 16.0 Å². The highest BCUT2D eigenvalue weighted by molar-refractivity contribution is 6.04. The predicted molar refractivity (Wildman–Crippen MR) is 84.5 cm³/mol. The van der Waals surface area contributed by atoms with Crippen molar-refractivity contribution in [2.75, 3.05) is 29.0 Å². The molecule has 2 heterocycles. The van der Waals surface area contributed by atoms with Crippen LogP contribution in [0, 0.1) is 0 Å². The Balaban J connectivity index is 1.68. The van der Waals surface area contributed by atoms with Crippen molar-refractivity contribution in [3.8, 4) is 0 Å². The minimum Gasteiger partial charge on any atom is -0.384 e. The van der Waals surface area contributed by atoms with E-state index in [4.69, 9.17) is 5.73 Å². The van der Waals surface area contributed by atoms with Gasteiger partial charge in [-0.15, -0.1) is 0 Å². The average Bonchev–Trinajstić information content (AvgIpc) is 3.02. The van der Waals surface area contributed by atoms with Gasteiger partial charge in [-0.25, -0.2) is 4.98 Å². The lowest BCUT2D eigenvalue weighted by Crippen LogP contribution is -2.17. The first kappa shape index (κ1) is 13.4. The Morgan fingerprint density at radius 1 is 1.14 bits per heavy atom. The number of carbonyl (C=O) groups is 1. The van der Waals surface area contributed by atoms with Crippen LogP contribution in [0.2, 0.25) is 0 Å². The second-order valence-corrected chi connectivity index (χ2v) is 5.16. The third kappa shape index (κ3) is 3.13. The van der Waals surface area contributed by atoms with Gasteiger partial charge in [0.25, 0.3) is 5.91 Å². The van der Waals surface area contributed by atoms with Gasteiger partial charge in [-0.05, 0) is 49.2 Å². The van der Waals surface area contributed by atoms with Crippen LogP contribution in [-0.4, -0.2) is 24.0 Å². The maximum absolute atomic E-state index is 12.1. The predicted octanol–water partition coefficient (Wildman–Crippen LogP) is 2.52. The van der Waals surface area contributed by atoms with Crippen LogP contribution in [0.25, 0.3) is 0 Å². The average molecular weight is 282 g/mol. The first-order valence-corrected chi connectivity index (χ1v) is 7.10. The molecule has 0 spiro atoms. The number of nitrogens with two attached hydrogens (primary N) is 1. The Morgan fingerprint density at radius 3 is 2.52 bits per heavy atom. The maximum atomic E-state index is 12.1. The Morgan fingerprint density at radius 2 is 1.86 bits per heavy atom. The van der Waals surface area contributed by atoms with Gasteiger partial charge in [0.05, 0.1) is 0 Å². The summed E-state index contributed by atoms with van der Waals surface area (Å²) >= 11 is 0. The van der Waals surface area contributed by atoms with Crippen LogP contribution in [-0.2, 0) is 0 Å². The molecule has 0 aliphatic carbocycles. The normalized spacial score (nSPS) is 14.2. The lowest BCUT2D eigenvalue weighted by Gasteiger charge is -2.17. The maximum Gasteiger partial charge on any atom is 0.255 e. The summed E-state index contributed by atoms with van der Waals surface area (Å²) < 4.78 is 0. The number of amides is 1. The van der Waals surface area contributed by atoms with Crippen molar-refractivity contribution in [3.63, 3.8) is 0 Å². The Hall–Kier alpha value is -2.56. The number of pyridine rings is 1. The number of aromatic nitrogens is 1. The number of rotatable bonds is 3. The second-order valence-electron chi connectivity index (χ2n) is 5.16. The number of hydrogen-bond acceptors (Lipinski definition) is 4. The molecular formula is C16H18N4O. The number of hydrogen-bond donors (Lipinski definition) is 2. The van der Waals surface area contributed by atoms with Crippen molar-refractivity contribution < 1.29 is 4.79 Å². The SMILES string of the molecule is Nc1cc(C(=O)Nc2ccc(N3CCCC3)cc2)ccn1. The van der Waals surface area contributed by atoms with E-state index in [1.165, 1.54) is 24.7 Å². The summed E-state index contributed by atoms with van der Waals surface area (Å²) in [6.07, 6.45) is 4.03. The van der Waals surface area contributed by atoms with Gasteiger partial charge in [-0.2, -0.15) is 0 Å². The fourth-order valence-electron chi connectivity index (χ4n) is 2.52. The lowest BCUT2D eigenvalue weighted by atomic mass is 10.2. The first-order chi connectivity index (χ1) is 10.2. The second kappa shape index (κ2) is 5.83. The van der Waals surface area contributed by atoms with Crippen LogP contribution in [0.15, 0.2) is 42.6 Å². The third-order valence-electron chi connectivity index (χ3n) is 3.64. The molecule has 1 aliphatic rings. The molecule has 1 fully saturated rings. The van der Waals surface area contributed by atoms with Gasteiger partial charge >= 0.3 is 0 Å². The minimum absolute atomic E-state index is 0.182. The highest BCUT2D eigenvalue weighted by Gasteiger charge is 2.12. The fourth-order valence-corrected chi connectivity index (χ4v) is 2.52. The van der Waals surface area contributed by atoms with Crippen molar-refractivity contribution in [1.82, 2.24) is 4.98 Å². The van der Waals surface area contributed by atoms with E-state index in [-0.39, 0.29) is 5.91 Å². The number of nitrogen functional groups attached to an aromatic ring is 1. The standard InChI is InChI=1S/C16H18N4O/c17-15-11-12(7-8-18-15)16(21)19-13-3-5-14(6-4-13)20-9-1-2-10-20/h3-8,11H,1-2,9-10H2,(H2,17,18)(H,19,21). The molecule has 1 aromatic carbocycles. The monoisotopic (exact) mass is 282 g/mol. The van der Waals surface area contributed by atoms with Crippen LogP contribution in [0.1, 0.15) is 23.2 Å². The molecule has 1 aliphatic heterocycles. The number of anilines is 3. The van der Waals surface area contributed by atoms with Gasteiger partial charge in [0.15, 0.2) is 0 Å². The van der Waals surface area contributed by atoms with E-state index in [1.807, 2.05) is 24.3 Å². The first-order valence-electron chi connectivity index (χ1n) is 7.10. The van der Waals surface area contributed by atoms with Crippen LogP contribution in [0.5, 0.6) is 0 Å². The summed E-state index contributed by atoms with van der Waals surface area (Å²) in [5.41, 5.74) is 8.07. The molecule has 1 aromatic heterocycles. The number of benzene rings is 1. The largest absolute Gasteiger partial charge is 0.384 e. The summed E-state index contributed by atoms with van der Waals surface area (Å²) in [6.45, 7) is 2.23. The van der Waals surface area contributed by atoms with E-state index in [1.54, 1.807) is 12.1 Å². The fraction of sp³-hybridized carbons (Fsp3) is 0.250. The zero-order valence-electron chi connectivity index (χ0n) is 11.7. The van der Waals surface area contributed by atoms with Crippen LogP contribution in [0.3, 0.4) is 0 Å². The van der Waals surface area contributed by atoms with Gasteiger partial charge in [0.1, 0.15) is 5.82 Å². The molecule has 0 unspecified atom stereocenters. The van der Waals surface area contributed by atoms with Crippen molar-refractivity contribution in [1.29, 1.82) is 0 Å². The molecule has 0 saturated carbocycles. The van der Waals surface area contributed by atoms with E-state index in [0.717, 1.165) is 18.8 Å². The van der Waals surface area contributed by atoms with E-state index >= 15 is 0 Å². The molecule has 108 valence electrons. The third-order valence-corrected chi connectivity index (χ3v) is 3.64. The summed E-state index contributed by atoms with van der Waals surface area (Å²) in [4.78, 5) is 18.3. The smallest absolute Gasteiger partial charge is 0.255 e. The van der Waals surface area contributed by atoms with Gasteiger partial charge in [0, 0.05) is 36.2 Å². The molecule has 3 N–H and O–H groups in total. The summed E-state index contributed by atoms with van der Waals surface area (Å²) in [5, 5.41) is 2.86. The van der Waals surface area contributed by atoms with E-state index < -0.39 is 0 Å². The molecule has 5 nitrogen and oxygen atoms in total. The minimum atomic E-state index is -0.182. The Bertz CT molecular complexity index is 633. The molecular weight excluding hydrogens is 264 g/mol. The number of nitrogens with one attached hydrogen (secondary N) is 1. The topological polar surface area (TPSA) is 71.2 Å². The summed E-state index contributed by atoms with van der Waals surface area (Å²) in [7, 11) is 0. The van der Waals surface area contributed by atoms with Gasteiger partial charge in [-0.3, -0.25) is 4.79 Å². The van der Waals surface area contributed by atoms with Gasteiger partial charge in [0.2, 0.25) is 0 Å². The molecule has 1 amide bonds. The summed E-state index contributed by atoms with van der Waals surface area (Å²) in [5.74, 6) is 0.157. The Kier molecular flexibility index (Phi) is 3.73. The number of nitrogens with zero attached hydrogens (tertiary/aromatic N) is 2. The molecule has 0 radical (unpaired) electrons. The van der Waals surface area contributed by atoms with E-state index in [2.05, 4.69) is 15.2 Å². The van der Waals surface area contributed by atoms with Crippen molar-refractivity contribution >= 4 is 23.1 Å². The quantitative estimate of drug-likeness (QED) is 0.907. The molecule has 2 aromatic rings. The van der Waals surface area contributed by atoms with Gasteiger partial charge < -0.3 is 16.0 Å². The van der Waals surface area contributed by atoms with Crippen molar-refractivity contribution in [2.24, 2.45) is 0 Å². The highest BCUT2D eigenvalue weighted by atomic mass is 16.1. The van der Waals surface area contributed by atoms with E-state index in [0.29, 0.717) is 11.4 Å². The molecule has 0 bridgehead atoms. The van der Waals surface area contributed by atoms with Gasteiger partial charge in [-0.1, -0.05) is 0 Å². The highest BCUT2D eigenvalue weighted by Crippen LogP contribution is 2.22. The van der Waals surface area contributed by atoms with E-state index in [9.17, 15) is 4.79 Å². The molecule has 21 heavy (non-hydrogen) atoms. The van der Waals surface area contributed by atoms with Crippen LogP contribution >= 0.6 is 0 Å². The molecule has 5 heteroatoms. The van der Waals surface area contributed by atoms with Crippen LogP contribution in [0.4, 0.5) is 17.2 Å².